The van der Waals surface area contributed by atoms with Crippen LogP contribution in [0.2, 0.25) is 5.02 Å². The molecule has 0 spiro atoms. The first-order valence-electron chi connectivity index (χ1n) is 9.26. The molecule has 2 aromatic carbocycles. The summed E-state index contributed by atoms with van der Waals surface area (Å²) in [4.78, 5) is 30.8. The number of carbonyl (C=O) groups is 2. The van der Waals surface area contributed by atoms with E-state index in [4.69, 9.17) is 16.0 Å². The molecule has 166 valence electrons. The third-order valence-corrected chi connectivity index (χ3v) is 5.12. The van der Waals surface area contributed by atoms with Gasteiger partial charge in [0.2, 0.25) is 5.89 Å². The monoisotopic (exact) mass is 465 g/mol. The van der Waals surface area contributed by atoms with Crippen molar-refractivity contribution in [2.45, 2.75) is 25.4 Å². The molecule has 1 atom stereocenters. The number of ether oxygens (including phenoxy) is 1. The number of amides is 3. The molecule has 7 nitrogen and oxygen atoms in total. The van der Waals surface area contributed by atoms with E-state index in [0.717, 1.165) is 17.0 Å². The molecule has 1 saturated heterocycles. The third-order valence-electron chi connectivity index (χ3n) is 4.88. The van der Waals surface area contributed by atoms with Crippen molar-refractivity contribution >= 4 is 23.5 Å². The minimum absolute atomic E-state index is 0.153. The molecular formula is C21H15ClF3N3O4. The number of aromatic nitrogens is 1. The fourth-order valence-electron chi connectivity index (χ4n) is 3.32. The summed E-state index contributed by atoms with van der Waals surface area (Å²) in [7, 11) is 0. The zero-order valence-electron chi connectivity index (χ0n) is 16.4. The lowest BCUT2D eigenvalue weighted by Gasteiger charge is -2.22. The maximum Gasteiger partial charge on any atom is 0.573 e. The molecule has 0 radical (unpaired) electrons. The molecule has 3 amide bonds. The van der Waals surface area contributed by atoms with E-state index in [1.807, 2.05) is 0 Å². The number of hydrogen-bond acceptors (Lipinski definition) is 5. The SMILES string of the molecule is CC1(c2ccc(OC(F)(F)F)cc2)NC(=O)N(Cc2coc(-c3cccc(Cl)c3)n2)C1=O. The summed E-state index contributed by atoms with van der Waals surface area (Å²) in [5.74, 6) is -0.744. The number of halogens is 4. The van der Waals surface area contributed by atoms with E-state index >= 15 is 0 Å². The van der Waals surface area contributed by atoms with Gasteiger partial charge in [-0.05, 0) is 42.8 Å². The van der Waals surface area contributed by atoms with Gasteiger partial charge in [0.25, 0.3) is 5.91 Å². The Labute approximate surface area is 184 Å². The molecule has 1 aliphatic rings. The maximum atomic E-state index is 13.0. The lowest BCUT2D eigenvalue weighted by Crippen LogP contribution is -2.40. The number of imide groups is 1. The lowest BCUT2D eigenvalue weighted by molar-refractivity contribution is -0.274. The van der Waals surface area contributed by atoms with Crippen molar-refractivity contribution in [3.8, 4) is 17.2 Å². The zero-order valence-corrected chi connectivity index (χ0v) is 17.2. The van der Waals surface area contributed by atoms with E-state index in [0.29, 0.717) is 21.8 Å². The highest BCUT2D eigenvalue weighted by Crippen LogP contribution is 2.32. The molecule has 0 aliphatic carbocycles. The normalized spacial score (nSPS) is 18.7. The topological polar surface area (TPSA) is 84.7 Å². The van der Waals surface area contributed by atoms with E-state index in [9.17, 15) is 22.8 Å². The molecule has 11 heteroatoms. The van der Waals surface area contributed by atoms with Crippen molar-refractivity contribution in [1.29, 1.82) is 0 Å². The zero-order chi connectivity index (χ0) is 23.1. The summed E-state index contributed by atoms with van der Waals surface area (Å²) >= 11 is 5.97. The summed E-state index contributed by atoms with van der Waals surface area (Å²) in [6, 6.07) is 10.9. The van der Waals surface area contributed by atoms with Gasteiger partial charge in [0.05, 0.1) is 12.2 Å². The van der Waals surface area contributed by atoms with Gasteiger partial charge < -0.3 is 14.5 Å². The number of carbonyl (C=O) groups excluding carboxylic acids is 2. The van der Waals surface area contributed by atoms with Gasteiger partial charge in [0.15, 0.2) is 0 Å². The number of urea groups is 1. The fourth-order valence-corrected chi connectivity index (χ4v) is 3.51. The number of benzene rings is 2. The molecule has 1 aliphatic heterocycles. The van der Waals surface area contributed by atoms with Crippen LogP contribution in [0.25, 0.3) is 11.5 Å². The van der Waals surface area contributed by atoms with Gasteiger partial charge in [-0.15, -0.1) is 13.2 Å². The third kappa shape index (κ3) is 4.26. The van der Waals surface area contributed by atoms with Crippen LogP contribution in [-0.2, 0) is 16.9 Å². The van der Waals surface area contributed by atoms with Crippen molar-refractivity contribution < 1.29 is 31.9 Å². The van der Waals surface area contributed by atoms with Crippen LogP contribution < -0.4 is 10.1 Å². The molecule has 1 aromatic heterocycles. The highest BCUT2D eigenvalue weighted by atomic mass is 35.5. The van der Waals surface area contributed by atoms with E-state index in [1.54, 1.807) is 24.3 Å². The van der Waals surface area contributed by atoms with Crippen LogP contribution in [0.3, 0.4) is 0 Å². The highest BCUT2D eigenvalue weighted by Gasteiger charge is 2.49. The molecule has 3 aromatic rings. The van der Waals surface area contributed by atoms with Crippen LogP contribution >= 0.6 is 11.6 Å². The average molecular weight is 466 g/mol. The molecule has 2 heterocycles. The van der Waals surface area contributed by atoms with Gasteiger partial charge in [-0.25, -0.2) is 9.78 Å². The Morgan fingerprint density at radius 3 is 2.56 bits per heavy atom. The predicted molar refractivity (Wildman–Crippen MR) is 107 cm³/mol. The Bertz CT molecular complexity index is 1180. The van der Waals surface area contributed by atoms with Crippen molar-refractivity contribution in [2.75, 3.05) is 0 Å². The van der Waals surface area contributed by atoms with Crippen molar-refractivity contribution in [3.05, 3.63) is 71.1 Å². The number of rotatable bonds is 5. The molecule has 1 N–H and O–H groups in total. The summed E-state index contributed by atoms with van der Waals surface area (Å²) in [6.07, 6.45) is -3.50. The van der Waals surface area contributed by atoms with Gasteiger partial charge in [0, 0.05) is 10.6 Å². The second kappa shape index (κ2) is 7.86. The smallest absolute Gasteiger partial charge is 0.444 e. The average Bonchev–Trinajstić information content (AvgIpc) is 3.27. The maximum absolute atomic E-state index is 13.0. The van der Waals surface area contributed by atoms with Crippen LogP contribution in [0.1, 0.15) is 18.2 Å². The standard InChI is InChI=1S/C21H15ClF3N3O4/c1-20(13-5-7-16(8-6-13)32-21(23,24)25)18(29)28(19(30)27-20)10-15-11-31-17(26-15)12-3-2-4-14(22)9-12/h2-9,11H,10H2,1H3,(H,27,30). The molecular weight excluding hydrogens is 451 g/mol. The molecule has 4 rings (SSSR count). The van der Waals surface area contributed by atoms with Crippen LogP contribution in [0.4, 0.5) is 18.0 Å². The first-order valence-corrected chi connectivity index (χ1v) is 9.64. The summed E-state index contributed by atoms with van der Waals surface area (Å²) in [5.41, 5.74) is -0.200. The Morgan fingerprint density at radius 1 is 1.19 bits per heavy atom. The van der Waals surface area contributed by atoms with Crippen molar-refractivity contribution in [1.82, 2.24) is 15.2 Å². The van der Waals surface area contributed by atoms with Gasteiger partial charge >= 0.3 is 12.4 Å². The Morgan fingerprint density at radius 2 is 1.91 bits per heavy atom. The number of oxazole rings is 1. The number of alkyl halides is 3. The Kier molecular flexibility index (Phi) is 5.33. The number of nitrogens with zero attached hydrogens (tertiary/aromatic N) is 2. The highest BCUT2D eigenvalue weighted by molar-refractivity contribution is 6.30. The second-order valence-corrected chi connectivity index (χ2v) is 7.61. The second-order valence-electron chi connectivity index (χ2n) is 7.17. The molecule has 1 unspecified atom stereocenters. The van der Waals surface area contributed by atoms with Gasteiger partial charge in [-0.2, -0.15) is 0 Å². The van der Waals surface area contributed by atoms with Gasteiger partial charge in [-0.3, -0.25) is 9.69 Å². The lowest BCUT2D eigenvalue weighted by atomic mass is 9.92. The Balaban J connectivity index is 1.52. The fraction of sp³-hybridized carbons (Fsp3) is 0.190. The van der Waals surface area contributed by atoms with E-state index in [2.05, 4.69) is 15.0 Å². The summed E-state index contributed by atoms with van der Waals surface area (Å²) in [6.45, 7) is 1.31. The predicted octanol–water partition coefficient (Wildman–Crippen LogP) is 4.86. The van der Waals surface area contributed by atoms with Crippen LogP contribution in [0.5, 0.6) is 5.75 Å². The first-order chi connectivity index (χ1) is 15.0. The molecule has 0 bridgehead atoms. The van der Waals surface area contributed by atoms with Crippen molar-refractivity contribution in [2.24, 2.45) is 0 Å². The summed E-state index contributed by atoms with van der Waals surface area (Å²) < 4.78 is 46.3. The molecule has 1 fully saturated rings. The van der Waals surface area contributed by atoms with Crippen LogP contribution in [0.15, 0.2) is 59.2 Å². The first kappa shape index (κ1) is 21.7. The van der Waals surface area contributed by atoms with E-state index < -0.39 is 29.6 Å². The van der Waals surface area contributed by atoms with Crippen LogP contribution in [0, 0.1) is 0 Å². The molecule has 0 saturated carbocycles. The molecule has 32 heavy (non-hydrogen) atoms. The van der Waals surface area contributed by atoms with Crippen molar-refractivity contribution in [3.63, 3.8) is 0 Å². The summed E-state index contributed by atoms with van der Waals surface area (Å²) in [5, 5.41) is 3.08. The minimum Gasteiger partial charge on any atom is -0.444 e. The van der Waals surface area contributed by atoms with E-state index in [-0.39, 0.29) is 12.4 Å². The largest absolute Gasteiger partial charge is 0.573 e. The van der Waals surface area contributed by atoms with E-state index in [1.165, 1.54) is 25.3 Å². The number of hydrogen-bond donors (Lipinski definition) is 1. The minimum atomic E-state index is -4.83. The quantitative estimate of drug-likeness (QED) is 0.544. The van der Waals surface area contributed by atoms with Crippen LogP contribution in [-0.4, -0.2) is 28.2 Å². The van der Waals surface area contributed by atoms with Gasteiger partial charge in [0.1, 0.15) is 17.6 Å². The Hall–Kier alpha value is -3.53. The van der Waals surface area contributed by atoms with Gasteiger partial charge in [-0.1, -0.05) is 29.8 Å². The number of nitrogens with one attached hydrogen (secondary N) is 1.